The zero-order chi connectivity index (χ0) is 16.1. The van der Waals surface area contributed by atoms with Gasteiger partial charge in [0.05, 0.1) is 6.61 Å². The van der Waals surface area contributed by atoms with E-state index in [2.05, 4.69) is 29.0 Å². The van der Waals surface area contributed by atoms with Gasteiger partial charge in [0, 0.05) is 49.5 Å². The van der Waals surface area contributed by atoms with Crippen molar-refractivity contribution in [3.8, 4) is 0 Å². The van der Waals surface area contributed by atoms with E-state index < -0.39 is 0 Å². The van der Waals surface area contributed by atoms with Crippen molar-refractivity contribution in [1.29, 1.82) is 0 Å². The Morgan fingerprint density at radius 2 is 1.73 bits per heavy atom. The third kappa shape index (κ3) is 4.21. The summed E-state index contributed by atoms with van der Waals surface area (Å²) in [5, 5.41) is 11.7. The minimum atomic E-state index is -0.226. The molecule has 0 saturated carbocycles. The van der Waals surface area contributed by atoms with Gasteiger partial charge in [0.1, 0.15) is 0 Å². The van der Waals surface area contributed by atoms with Gasteiger partial charge in [-0.1, -0.05) is 0 Å². The molecular formula is C17H27N3O2. The molecule has 1 fully saturated rings. The molecule has 5 nitrogen and oxygen atoms in total. The number of aliphatic hydroxyl groups is 1. The lowest BCUT2D eigenvalue weighted by Crippen LogP contribution is -2.48. The van der Waals surface area contributed by atoms with E-state index in [-0.39, 0.29) is 18.6 Å². The van der Waals surface area contributed by atoms with Crippen molar-refractivity contribution < 1.29 is 9.90 Å². The van der Waals surface area contributed by atoms with Crippen LogP contribution in [0.1, 0.15) is 31.1 Å². The van der Waals surface area contributed by atoms with E-state index in [0.717, 1.165) is 31.9 Å². The van der Waals surface area contributed by atoms with Crippen LogP contribution < -0.4 is 10.2 Å². The Morgan fingerprint density at radius 1 is 1.14 bits per heavy atom. The lowest BCUT2D eigenvalue weighted by Gasteiger charge is -2.38. The molecule has 1 aliphatic rings. The van der Waals surface area contributed by atoms with Crippen LogP contribution in [0.5, 0.6) is 0 Å². The highest BCUT2D eigenvalue weighted by Gasteiger charge is 2.19. The fraction of sp³-hybridized carbons (Fsp3) is 0.588. The van der Waals surface area contributed by atoms with Gasteiger partial charge in [0.15, 0.2) is 0 Å². The summed E-state index contributed by atoms with van der Waals surface area (Å²) in [5.74, 6) is -0.141. The van der Waals surface area contributed by atoms with Crippen LogP contribution in [-0.4, -0.2) is 60.8 Å². The van der Waals surface area contributed by atoms with E-state index in [9.17, 15) is 4.79 Å². The van der Waals surface area contributed by atoms with Crippen molar-refractivity contribution in [3.05, 3.63) is 29.8 Å². The van der Waals surface area contributed by atoms with Crippen molar-refractivity contribution in [1.82, 2.24) is 10.2 Å². The molecule has 1 atom stereocenters. The lowest BCUT2D eigenvalue weighted by molar-refractivity contribution is 0.0922. The highest BCUT2D eigenvalue weighted by Crippen LogP contribution is 2.18. The average molecular weight is 305 g/mol. The van der Waals surface area contributed by atoms with Gasteiger partial charge in [-0.25, -0.2) is 0 Å². The van der Waals surface area contributed by atoms with Gasteiger partial charge in [-0.3, -0.25) is 9.69 Å². The van der Waals surface area contributed by atoms with Gasteiger partial charge in [-0.05, 0) is 45.0 Å². The number of aliphatic hydroxyl groups excluding tert-OH is 1. The van der Waals surface area contributed by atoms with Crippen molar-refractivity contribution >= 4 is 11.6 Å². The Labute approximate surface area is 132 Å². The summed E-state index contributed by atoms with van der Waals surface area (Å²) in [4.78, 5) is 16.8. The number of nitrogens with zero attached hydrogens (tertiary/aromatic N) is 2. The van der Waals surface area contributed by atoms with Crippen molar-refractivity contribution in [2.75, 3.05) is 37.7 Å². The van der Waals surface area contributed by atoms with E-state index in [0.29, 0.717) is 11.6 Å². The van der Waals surface area contributed by atoms with Crippen LogP contribution in [0.3, 0.4) is 0 Å². The van der Waals surface area contributed by atoms with Crippen molar-refractivity contribution in [2.24, 2.45) is 0 Å². The van der Waals surface area contributed by atoms with Crippen LogP contribution in [0, 0.1) is 0 Å². The predicted molar refractivity (Wildman–Crippen MR) is 89.4 cm³/mol. The Morgan fingerprint density at radius 3 is 2.23 bits per heavy atom. The molecule has 1 saturated heterocycles. The smallest absolute Gasteiger partial charge is 0.251 e. The molecule has 1 unspecified atom stereocenters. The second-order valence-corrected chi connectivity index (χ2v) is 6.22. The summed E-state index contributed by atoms with van der Waals surface area (Å²) in [5.41, 5.74) is 1.79. The molecule has 5 heteroatoms. The minimum Gasteiger partial charge on any atom is -0.394 e. The summed E-state index contributed by atoms with van der Waals surface area (Å²) in [6, 6.07) is 8.08. The predicted octanol–water partition coefficient (Wildman–Crippen LogP) is 1.33. The molecule has 2 rings (SSSR count). The molecule has 122 valence electrons. The van der Waals surface area contributed by atoms with Crippen LogP contribution in [-0.2, 0) is 0 Å². The highest BCUT2D eigenvalue weighted by molar-refractivity contribution is 5.94. The van der Waals surface area contributed by atoms with Gasteiger partial charge >= 0.3 is 0 Å². The maximum absolute atomic E-state index is 12.0. The number of nitrogens with one attached hydrogen (secondary N) is 1. The number of rotatable bonds is 5. The maximum Gasteiger partial charge on any atom is 0.251 e. The molecule has 1 aromatic carbocycles. The molecule has 0 aromatic heterocycles. The normalized spacial score (nSPS) is 17.6. The Hall–Kier alpha value is -1.59. The molecule has 2 N–H and O–H groups in total. The van der Waals surface area contributed by atoms with Crippen LogP contribution >= 0.6 is 0 Å². The SMILES string of the molecule is CC(CO)NC(=O)c1ccc(N2CCN(C(C)C)CC2)cc1. The summed E-state index contributed by atoms with van der Waals surface area (Å²) >= 11 is 0. The first-order chi connectivity index (χ1) is 10.5. The highest BCUT2D eigenvalue weighted by atomic mass is 16.3. The minimum absolute atomic E-state index is 0.0516. The van der Waals surface area contributed by atoms with Gasteiger partial charge < -0.3 is 15.3 Å². The topological polar surface area (TPSA) is 55.8 Å². The second-order valence-electron chi connectivity index (χ2n) is 6.22. The quantitative estimate of drug-likeness (QED) is 0.862. The Balaban J connectivity index is 1.94. The van der Waals surface area contributed by atoms with Crippen molar-refractivity contribution in [2.45, 2.75) is 32.9 Å². The first kappa shape index (κ1) is 16.8. The fourth-order valence-corrected chi connectivity index (χ4v) is 2.67. The number of carbonyl (C=O) groups is 1. The lowest BCUT2D eigenvalue weighted by atomic mass is 10.1. The standard InChI is InChI=1S/C17H27N3O2/c1-13(2)19-8-10-20(11-9-19)16-6-4-15(5-7-16)17(22)18-14(3)12-21/h4-7,13-14,21H,8-12H2,1-3H3,(H,18,22). The molecule has 1 aliphatic heterocycles. The van der Waals surface area contributed by atoms with Crippen LogP contribution in [0.25, 0.3) is 0 Å². The van der Waals surface area contributed by atoms with Gasteiger partial charge in [0.2, 0.25) is 0 Å². The molecule has 1 aromatic rings. The van der Waals surface area contributed by atoms with E-state index >= 15 is 0 Å². The third-order valence-corrected chi connectivity index (χ3v) is 4.19. The van der Waals surface area contributed by atoms with E-state index in [1.165, 1.54) is 0 Å². The number of carbonyl (C=O) groups excluding carboxylic acids is 1. The molecule has 0 aliphatic carbocycles. The summed E-state index contributed by atoms with van der Waals surface area (Å²) in [7, 11) is 0. The number of hydrogen-bond donors (Lipinski definition) is 2. The third-order valence-electron chi connectivity index (χ3n) is 4.19. The number of benzene rings is 1. The van der Waals surface area contributed by atoms with Crippen LogP contribution in [0.4, 0.5) is 5.69 Å². The van der Waals surface area contributed by atoms with E-state index in [1.807, 2.05) is 24.3 Å². The summed E-state index contributed by atoms with van der Waals surface area (Å²) in [6.45, 7) is 10.4. The Bertz CT molecular complexity index is 479. The van der Waals surface area contributed by atoms with Gasteiger partial charge in [-0.15, -0.1) is 0 Å². The zero-order valence-corrected chi connectivity index (χ0v) is 13.7. The first-order valence-electron chi connectivity index (χ1n) is 8.02. The molecule has 0 spiro atoms. The second kappa shape index (κ2) is 7.61. The Kier molecular flexibility index (Phi) is 5.80. The largest absolute Gasteiger partial charge is 0.394 e. The van der Waals surface area contributed by atoms with E-state index in [4.69, 9.17) is 5.11 Å². The van der Waals surface area contributed by atoms with E-state index in [1.54, 1.807) is 6.92 Å². The van der Waals surface area contributed by atoms with Crippen LogP contribution in [0.15, 0.2) is 24.3 Å². The monoisotopic (exact) mass is 305 g/mol. The van der Waals surface area contributed by atoms with Crippen molar-refractivity contribution in [3.63, 3.8) is 0 Å². The molecule has 22 heavy (non-hydrogen) atoms. The van der Waals surface area contributed by atoms with Gasteiger partial charge in [0.25, 0.3) is 5.91 Å². The molecule has 1 amide bonds. The molecular weight excluding hydrogens is 278 g/mol. The number of amides is 1. The maximum atomic E-state index is 12.0. The molecule has 0 radical (unpaired) electrons. The number of piperazine rings is 1. The average Bonchev–Trinajstić information content (AvgIpc) is 2.55. The summed E-state index contributed by atoms with van der Waals surface area (Å²) in [6.07, 6.45) is 0. The molecule has 1 heterocycles. The summed E-state index contributed by atoms with van der Waals surface area (Å²) < 4.78 is 0. The fourth-order valence-electron chi connectivity index (χ4n) is 2.67. The zero-order valence-electron chi connectivity index (χ0n) is 13.7. The van der Waals surface area contributed by atoms with Crippen LogP contribution in [0.2, 0.25) is 0 Å². The number of hydrogen-bond acceptors (Lipinski definition) is 4. The first-order valence-corrected chi connectivity index (χ1v) is 8.02. The molecule has 0 bridgehead atoms. The van der Waals surface area contributed by atoms with Gasteiger partial charge in [-0.2, -0.15) is 0 Å². The number of anilines is 1.